The van der Waals surface area contributed by atoms with Crippen LogP contribution >= 0.6 is 0 Å². The van der Waals surface area contributed by atoms with E-state index in [0.717, 1.165) is 18.6 Å². The van der Waals surface area contributed by atoms with Crippen molar-refractivity contribution in [2.75, 3.05) is 7.11 Å². The second kappa shape index (κ2) is 8.21. The minimum atomic E-state index is 0.151. The molecule has 2 nitrogen and oxygen atoms in total. The first-order valence-corrected chi connectivity index (χ1v) is 7.07. The summed E-state index contributed by atoms with van der Waals surface area (Å²) in [6, 6.07) is 5.91. The quantitative estimate of drug-likeness (QED) is 0.828. The first-order valence-electron chi connectivity index (χ1n) is 7.07. The van der Waals surface area contributed by atoms with Gasteiger partial charge in [0.2, 0.25) is 0 Å². The fourth-order valence-corrected chi connectivity index (χ4v) is 2.25. The SMILES string of the molecule is CO.Cc1cc(O)cc(C(C)(C)CCCC(C)C)c1. The Hall–Kier alpha value is -1.02. The van der Waals surface area contributed by atoms with Gasteiger partial charge in [-0.25, -0.2) is 0 Å². The minimum absolute atomic E-state index is 0.151. The summed E-state index contributed by atoms with van der Waals surface area (Å²) in [7, 11) is 1.00. The number of hydrogen-bond acceptors (Lipinski definition) is 2. The zero-order chi connectivity index (χ0) is 15.1. The summed E-state index contributed by atoms with van der Waals surface area (Å²) < 4.78 is 0. The van der Waals surface area contributed by atoms with Crippen molar-refractivity contribution in [3.63, 3.8) is 0 Å². The van der Waals surface area contributed by atoms with E-state index < -0.39 is 0 Å². The van der Waals surface area contributed by atoms with Crippen LogP contribution in [0.5, 0.6) is 5.75 Å². The number of aromatic hydroxyl groups is 1. The zero-order valence-electron chi connectivity index (χ0n) is 13.3. The Balaban J connectivity index is 0.00000154. The number of aliphatic hydroxyl groups excluding tert-OH is 1. The molecule has 0 unspecified atom stereocenters. The van der Waals surface area contributed by atoms with Crippen molar-refractivity contribution < 1.29 is 10.2 Å². The van der Waals surface area contributed by atoms with Crippen molar-refractivity contribution >= 4 is 0 Å². The van der Waals surface area contributed by atoms with E-state index in [0.29, 0.717) is 5.75 Å². The Bertz CT molecular complexity index is 347. The van der Waals surface area contributed by atoms with Crippen LogP contribution in [-0.2, 0) is 5.41 Å². The van der Waals surface area contributed by atoms with Crippen molar-refractivity contribution in [3.05, 3.63) is 29.3 Å². The molecule has 0 heterocycles. The number of aliphatic hydroxyl groups is 1. The second-order valence-corrected chi connectivity index (χ2v) is 6.23. The van der Waals surface area contributed by atoms with E-state index in [9.17, 15) is 5.11 Å². The van der Waals surface area contributed by atoms with E-state index in [1.807, 2.05) is 19.1 Å². The molecule has 0 aliphatic carbocycles. The van der Waals surface area contributed by atoms with Crippen LogP contribution in [-0.4, -0.2) is 17.3 Å². The van der Waals surface area contributed by atoms with Gasteiger partial charge < -0.3 is 10.2 Å². The van der Waals surface area contributed by atoms with Gasteiger partial charge >= 0.3 is 0 Å². The van der Waals surface area contributed by atoms with Crippen LogP contribution in [0.2, 0.25) is 0 Å². The largest absolute Gasteiger partial charge is 0.508 e. The van der Waals surface area contributed by atoms with Gasteiger partial charge in [-0.3, -0.25) is 0 Å². The molecule has 0 radical (unpaired) electrons. The lowest BCUT2D eigenvalue weighted by Crippen LogP contribution is -2.17. The van der Waals surface area contributed by atoms with E-state index >= 15 is 0 Å². The molecule has 1 aromatic rings. The lowest BCUT2D eigenvalue weighted by molar-refractivity contribution is 0.399. The lowest BCUT2D eigenvalue weighted by Gasteiger charge is -2.26. The Labute approximate surface area is 118 Å². The van der Waals surface area contributed by atoms with E-state index in [-0.39, 0.29) is 5.41 Å². The van der Waals surface area contributed by atoms with Crippen LogP contribution in [0.1, 0.15) is 58.1 Å². The number of phenolic OH excluding ortho intramolecular Hbond substituents is 1. The first-order chi connectivity index (χ1) is 8.81. The number of benzene rings is 1. The third-order valence-corrected chi connectivity index (χ3v) is 3.43. The average molecular weight is 266 g/mol. The molecule has 110 valence electrons. The second-order valence-electron chi connectivity index (χ2n) is 6.23. The number of hydrogen-bond donors (Lipinski definition) is 2. The molecule has 1 aromatic carbocycles. The van der Waals surface area contributed by atoms with Crippen molar-refractivity contribution in [3.8, 4) is 5.75 Å². The number of rotatable bonds is 5. The Kier molecular flexibility index (Phi) is 7.77. The predicted octanol–water partition coefficient (Wildman–Crippen LogP) is 4.41. The molecule has 0 saturated heterocycles. The van der Waals surface area contributed by atoms with Crippen molar-refractivity contribution in [2.45, 2.75) is 59.3 Å². The summed E-state index contributed by atoms with van der Waals surface area (Å²) in [6.45, 7) is 11.1. The van der Waals surface area contributed by atoms with Gasteiger partial charge in [0.25, 0.3) is 0 Å². The van der Waals surface area contributed by atoms with Gasteiger partial charge in [-0.1, -0.05) is 46.6 Å². The predicted molar refractivity (Wildman–Crippen MR) is 82.7 cm³/mol. The van der Waals surface area contributed by atoms with Crippen LogP contribution in [0, 0.1) is 12.8 Å². The van der Waals surface area contributed by atoms with E-state index in [2.05, 4.69) is 33.8 Å². The Morgan fingerprint density at radius 3 is 2.16 bits per heavy atom. The highest BCUT2D eigenvalue weighted by atomic mass is 16.3. The van der Waals surface area contributed by atoms with Gasteiger partial charge in [0, 0.05) is 7.11 Å². The highest BCUT2D eigenvalue weighted by molar-refractivity contribution is 5.36. The van der Waals surface area contributed by atoms with Crippen LogP contribution in [0.25, 0.3) is 0 Å². The molecule has 2 heteroatoms. The fraction of sp³-hybridized carbons (Fsp3) is 0.647. The Morgan fingerprint density at radius 1 is 1.11 bits per heavy atom. The van der Waals surface area contributed by atoms with Gasteiger partial charge in [-0.05, 0) is 47.9 Å². The molecule has 0 aromatic heterocycles. The molecule has 0 fully saturated rings. The maximum atomic E-state index is 9.67. The molecule has 0 atom stereocenters. The Morgan fingerprint density at radius 2 is 1.68 bits per heavy atom. The summed E-state index contributed by atoms with van der Waals surface area (Å²) in [5, 5.41) is 16.7. The van der Waals surface area contributed by atoms with Gasteiger partial charge in [0.1, 0.15) is 5.75 Å². The van der Waals surface area contributed by atoms with E-state index in [1.165, 1.54) is 24.8 Å². The molecule has 2 N–H and O–H groups in total. The lowest BCUT2D eigenvalue weighted by atomic mass is 9.79. The molecule has 0 bridgehead atoms. The van der Waals surface area contributed by atoms with Crippen molar-refractivity contribution in [1.29, 1.82) is 0 Å². The molecule has 0 aliphatic rings. The van der Waals surface area contributed by atoms with Crippen molar-refractivity contribution in [2.24, 2.45) is 5.92 Å². The fourth-order valence-electron chi connectivity index (χ4n) is 2.25. The van der Waals surface area contributed by atoms with Crippen LogP contribution in [0.15, 0.2) is 18.2 Å². The van der Waals surface area contributed by atoms with Gasteiger partial charge in [0.05, 0.1) is 0 Å². The van der Waals surface area contributed by atoms with Crippen LogP contribution < -0.4 is 0 Å². The van der Waals surface area contributed by atoms with Gasteiger partial charge in [0.15, 0.2) is 0 Å². The summed E-state index contributed by atoms with van der Waals surface area (Å²) in [6.07, 6.45) is 3.70. The summed E-state index contributed by atoms with van der Waals surface area (Å²) >= 11 is 0. The monoisotopic (exact) mass is 266 g/mol. The van der Waals surface area contributed by atoms with Gasteiger partial charge in [-0.2, -0.15) is 0 Å². The molecular weight excluding hydrogens is 236 g/mol. The topological polar surface area (TPSA) is 40.5 Å². The van der Waals surface area contributed by atoms with E-state index in [1.54, 1.807) is 0 Å². The maximum Gasteiger partial charge on any atom is 0.116 e. The first kappa shape index (κ1) is 18.0. The third-order valence-electron chi connectivity index (χ3n) is 3.43. The van der Waals surface area contributed by atoms with Gasteiger partial charge in [-0.15, -0.1) is 0 Å². The highest BCUT2D eigenvalue weighted by Gasteiger charge is 2.21. The molecule has 0 spiro atoms. The molecule has 0 amide bonds. The maximum absolute atomic E-state index is 9.67. The molecule has 0 saturated carbocycles. The molecule has 19 heavy (non-hydrogen) atoms. The zero-order valence-corrected chi connectivity index (χ0v) is 13.3. The summed E-state index contributed by atoms with van der Waals surface area (Å²) in [5.41, 5.74) is 2.54. The standard InChI is InChI=1S/C16H26O.CH4O/c1-12(2)7-6-8-16(4,5)14-9-13(3)10-15(17)11-14;1-2/h9-12,17H,6-8H2,1-5H3;2H,1H3. The molecular formula is C17H30O2. The highest BCUT2D eigenvalue weighted by Crippen LogP contribution is 2.32. The molecule has 1 rings (SSSR count). The third kappa shape index (κ3) is 6.63. The number of aryl methyl sites for hydroxylation is 1. The average Bonchev–Trinajstić information content (AvgIpc) is 2.29. The number of phenols is 1. The molecule has 0 aliphatic heterocycles. The normalized spacial score (nSPS) is 11.2. The smallest absolute Gasteiger partial charge is 0.116 e. The van der Waals surface area contributed by atoms with Crippen LogP contribution in [0.4, 0.5) is 0 Å². The van der Waals surface area contributed by atoms with Crippen molar-refractivity contribution in [1.82, 2.24) is 0 Å². The minimum Gasteiger partial charge on any atom is -0.508 e. The van der Waals surface area contributed by atoms with E-state index in [4.69, 9.17) is 5.11 Å². The summed E-state index contributed by atoms with van der Waals surface area (Å²) in [5.74, 6) is 1.16. The van der Waals surface area contributed by atoms with Crippen LogP contribution in [0.3, 0.4) is 0 Å². The summed E-state index contributed by atoms with van der Waals surface area (Å²) in [4.78, 5) is 0.